The maximum Gasteiger partial charge on any atom is 0.323 e. The lowest BCUT2D eigenvalue weighted by Gasteiger charge is -2.21. The molecule has 0 radical (unpaired) electrons. The molecule has 0 saturated heterocycles. The lowest BCUT2D eigenvalue weighted by Crippen LogP contribution is -2.21. The lowest BCUT2D eigenvalue weighted by molar-refractivity contribution is 0.262. The number of amides is 2. The first-order chi connectivity index (χ1) is 18.5. The average Bonchev–Trinajstić information content (AvgIpc) is 3.32. The molecular weight excluding hydrogens is 514 g/mol. The quantitative estimate of drug-likeness (QED) is 0.281. The Labute approximate surface area is 226 Å². The Kier molecular flexibility index (Phi) is 6.51. The maximum atomic E-state index is 13.1. The number of ether oxygens (including phenoxy) is 1. The second-order valence-corrected chi connectivity index (χ2v) is 12.2. The first-order valence-electron chi connectivity index (χ1n) is 12.3. The zero-order valence-electron chi connectivity index (χ0n) is 22.3. The number of benzene rings is 3. The largest absolute Gasteiger partial charge is 0.495 e. The summed E-state index contributed by atoms with van der Waals surface area (Å²) in [4.78, 5) is 21.7. The molecule has 200 valence electrons. The molecule has 0 aliphatic carbocycles. The van der Waals surface area contributed by atoms with Crippen molar-refractivity contribution in [3.8, 4) is 16.9 Å². The van der Waals surface area contributed by atoms with Gasteiger partial charge in [-0.25, -0.2) is 27.2 Å². The SMILES string of the molecule is COc1ccc(C(C)(C)C)cc1NC(=O)Nc1ccc(-c2cnc3c(c2)ncn3S(C)(=O)=O)c2ccccc12. The second kappa shape index (κ2) is 9.70. The minimum absolute atomic E-state index is 0.0913. The molecule has 9 nitrogen and oxygen atoms in total. The van der Waals surface area contributed by atoms with Crippen molar-refractivity contribution in [1.29, 1.82) is 0 Å². The minimum atomic E-state index is -3.51. The standard InChI is InChI=1S/C29H29N5O4S/c1-29(2,3)19-10-13-26(38-4)24(15-19)33-28(35)32-23-12-11-20(21-8-6-7-9-22(21)23)18-14-25-27(30-16-18)34(17-31-25)39(5,36)37/h6-17H,1-5H3,(H2,32,33,35). The van der Waals surface area contributed by atoms with E-state index < -0.39 is 16.1 Å². The van der Waals surface area contributed by atoms with Crippen LogP contribution in [0.15, 0.2) is 73.2 Å². The molecule has 3 aromatic carbocycles. The van der Waals surface area contributed by atoms with Gasteiger partial charge in [-0.15, -0.1) is 0 Å². The number of nitrogens with one attached hydrogen (secondary N) is 2. The summed E-state index contributed by atoms with van der Waals surface area (Å²) in [5.41, 5.74) is 4.58. The van der Waals surface area contributed by atoms with Gasteiger partial charge in [-0.2, -0.15) is 0 Å². The molecule has 5 rings (SSSR count). The summed E-state index contributed by atoms with van der Waals surface area (Å²) in [6, 6.07) is 18.6. The van der Waals surface area contributed by atoms with Crippen molar-refractivity contribution in [3.63, 3.8) is 0 Å². The summed E-state index contributed by atoms with van der Waals surface area (Å²) in [5.74, 6) is 0.569. The van der Waals surface area contributed by atoms with Gasteiger partial charge in [0.1, 0.15) is 17.6 Å². The number of methoxy groups -OCH3 is 1. The average molecular weight is 544 g/mol. The van der Waals surface area contributed by atoms with E-state index in [2.05, 4.69) is 41.4 Å². The number of hydrogen-bond donors (Lipinski definition) is 2. The fourth-order valence-corrected chi connectivity index (χ4v) is 5.15. The molecule has 39 heavy (non-hydrogen) atoms. The Bertz CT molecular complexity index is 1840. The molecule has 0 aliphatic rings. The molecule has 5 aromatic rings. The Morgan fingerprint density at radius 2 is 1.64 bits per heavy atom. The number of imidazole rings is 1. The Morgan fingerprint density at radius 1 is 0.923 bits per heavy atom. The molecule has 0 unspecified atom stereocenters. The van der Waals surface area contributed by atoms with Gasteiger partial charge in [0.05, 0.1) is 24.7 Å². The normalized spacial score (nSPS) is 12.0. The predicted octanol–water partition coefficient (Wildman–Crippen LogP) is 6.01. The van der Waals surface area contributed by atoms with Crippen molar-refractivity contribution in [2.24, 2.45) is 0 Å². The maximum absolute atomic E-state index is 13.1. The van der Waals surface area contributed by atoms with E-state index >= 15 is 0 Å². The third-order valence-corrected chi connectivity index (χ3v) is 7.49. The highest BCUT2D eigenvalue weighted by molar-refractivity contribution is 7.89. The Morgan fingerprint density at radius 3 is 2.33 bits per heavy atom. The molecule has 0 aliphatic heterocycles. The molecule has 0 bridgehead atoms. The van der Waals surface area contributed by atoms with Crippen molar-refractivity contribution in [2.75, 3.05) is 24.0 Å². The van der Waals surface area contributed by atoms with Crippen molar-refractivity contribution in [1.82, 2.24) is 13.9 Å². The van der Waals surface area contributed by atoms with E-state index in [-0.39, 0.29) is 11.1 Å². The zero-order valence-corrected chi connectivity index (χ0v) is 23.1. The number of hydrogen-bond acceptors (Lipinski definition) is 6. The van der Waals surface area contributed by atoms with Crippen LogP contribution >= 0.6 is 0 Å². The highest BCUT2D eigenvalue weighted by Gasteiger charge is 2.18. The van der Waals surface area contributed by atoms with E-state index in [0.717, 1.165) is 37.7 Å². The number of carbonyl (C=O) groups excluding carboxylic acids is 1. The third-order valence-electron chi connectivity index (χ3n) is 6.51. The zero-order chi connectivity index (χ0) is 27.9. The van der Waals surface area contributed by atoms with E-state index in [4.69, 9.17) is 4.74 Å². The molecule has 2 aromatic heterocycles. The number of carbonyl (C=O) groups is 1. The van der Waals surface area contributed by atoms with Gasteiger partial charge in [0, 0.05) is 17.1 Å². The smallest absolute Gasteiger partial charge is 0.323 e. The first kappa shape index (κ1) is 26.2. The fourth-order valence-electron chi connectivity index (χ4n) is 4.48. The second-order valence-electron chi connectivity index (χ2n) is 10.3. The summed E-state index contributed by atoms with van der Waals surface area (Å²) in [7, 11) is -1.95. The highest BCUT2D eigenvalue weighted by atomic mass is 32.2. The molecule has 0 fully saturated rings. The van der Waals surface area contributed by atoms with Gasteiger partial charge >= 0.3 is 6.03 Å². The van der Waals surface area contributed by atoms with Crippen molar-refractivity contribution < 1.29 is 17.9 Å². The van der Waals surface area contributed by atoms with Crippen LogP contribution in [0.25, 0.3) is 33.1 Å². The van der Waals surface area contributed by atoms with Gasteiger partial charge in [-0.3, -0.25) is 0 Å². The monoisotopic (exact) mass is 543 g/mol. The van der Waals surface area contributed by atoms with Crippen molar-refractivity contribution in [2.45, 2.75) is 26.2 Å². The molecule has 10 heteroatoms. The summed E-state index contributed by atoms with van der Waals surface area (Å²) in [6.07, 6.45) is 3.99. The first-order valence-corrected chi connectivity index (χ1v) is 14.1. The fraction of sp³-hybridized carbons (Fsp3) is 0.207. The van der Waals surface area contributed by atoms with E-state index in [1.54, 1.807) is 19.4 Å². The van der Waals surface area contributed by atoms with Crippen LogP contribution in [-0.2, 0) is 15.4 Å². The number of fused-ring (bicyclic) bond motifs is 2. The highest BCUT2D eigenvalue weighted by Crippen LogP contribution is 2.35. The van der Waals surface area contributed by atoms with Crippen LogP contribution in [0.5, 0.6) is 5.75 Å². The van der Waals surface area contributed by atoms with Gasteiger partial charge < -0.3 is 15.4 Å². The van der Waals surface area contributed by atoms with Gasteiger partial charge in [0.25, 0.3) is 0 Å². The summed E-state index contributed by atoms with van der Waals surface area (Å²) in [6.45, 7) is 6.32. The summed E-state index contributed by atoms with van der Waals surface area (Å²) >= 11 is 0. The summed E-state index contributed by atoms with van der Waals surface area (Å²) in [5, 5.41) is 7.62. The van der Waals surface area contributed by atoms with Crippen LogP contribution in [0.1, 0.15) is 26.3 Å². The molecule has 2 N–H and O–H groups in total. The molecule has 0 saturated carbocycles. The van der Waals surface area contributed by atoms with Crippen LogP contribution in [0.2, 0.25) is 0 Å². The number of anilines is 2. The third kappa shape index (κ3) is 5.15. The number of aromatic nitrogens is 3. The van der Waals surface area contributed by atoms with Gasteiger partial charge in [-0.1, -0.05) is 57.2 Å². The van der Waals surface area contributed by atoms with Crippen molar-refractivity contribution in [3.05, 3.63) is 78.8 Å². The minimum Gasteiger partial charge on any atom is -0.495 e. The Hall–Kier alpha value is -4.44. The molecule has 0 spiro atoms. The van der Waals surface area contributed by atoms with Crippen LogP contribution in [0.4, 0.5) is 16.2 Å². The summed E-state index contributed by atoms with van der Waals surface area (Å²) < 4.78 is 30.5. The Balaban J connectivity index is 1.48. The van der Waals surface area contributed by atoms with Crippen LogP contribution in [0.3, 0.4) is 0 Å². The van der Waals surface area contributed by atoms with Gasteiger partial charge in [0.15, 0.2) is 5.65 Å². The van der Waals surface area contributed by atoms with Crippen molar-refractivity contribution >= 4 is 49.4 Å². The number of urea groups is 1. The van der Waals surface area contributed by atoms with E-state index in [1.165, 1.54) is 6.33 Å². The van der Waals surface area contributed by atoms with Crippen LogP contribution in [0, 0.1) is 0 Å². The number of nitrogens with zero attached hydrogens (tertiary/aromatic N) is 3. The lowest BCUT2D eigenvalue weighted by atomic mass is 9.87. The van der Waals surface area contributed by atoms with Gasteiger partial charge in [-0.05, 0) is 46.2 Å². The predicted molar refractivity (Wildman–Crippen MR) is 155 cm³/mol. The molecule has 0 atom stereocenters. The molecule has 2 amide bonds. The molecular formula is C29H29N5O4S. The topological polar surface area (TPSA) is 115 Å². The van der Waals surface area contributed by atoms with Crippen LogP contribution < -0.4 is 15.4 Å². The number of pyridine rings is 1. The van der Waals surface area contributed by atoms with E-state index in [9.17, 15) is 13.2 Å². The van der Waals surface area contributed by atoms with E-state index in [0.29, 0.717) is 22.6 Å². The van der Waals surface area contributed by atoms with E-state index in [1.807, 2.05) is 54.6 Å². The van der Waals surface area contributed by atoms with Gasteiger partial charge in [0.2, 0.25) is 10.0 Å². The molecule has 2 heterocycles. The number of rotatable bonds is 5. The van der Waals surface area contributed by atoms with Crippen LogP contribution in [-0.4, -0.2) is 41.8 Å².